The summed E-state index contributed by atoms with van der Waals surface area (Å²) in [6, 6.07) is 8.16. The molecule has 0 radical (unpaired) electrons. The summed E-state index contributed by atoms with van der Waals surface area (Å²) in [6.45, 7) is 4.65. The van der Waals surface area contributed by atoms with Gasteiger partial charge in [0.2, 0.25) is 0 Å². The first-order valence-corrected chi connectivity index (χ1v) is 10.7. The Morgan fingerprint density at radius 2 is 2.00 bits per heavy atom. The van der Waals surface area contributed by atoms with Crippen LogP contribution in [0.2, 0.25) is 0 Å². The SMILES string of the molecule is Cc1cccc(-c2ncc(CN3CCCC(CS(C)(=O)=O)C3)cn2)c1. The highest BCUT2D eigenvalue weighted by atomic mass is 32.2. The summed E-state index contributed by atoms with van der Waals surface area (Å²) in [4.78, 5) is 11.3. The van der Waals surface area contributed by atoms with E-state index in [0.29, 0.717) is 0 Å². The molecule has 1 atom stereocenters. The molecular weight excluding hydrogens is 334 g/mol. The molecular formula is C19H25N3O2S. The van der Waals surface area contributed by atoms with Crippen molar-refractivity contribution >= 4 is 9.84 Å². The highest BCUT2D eigenvalue weighted by Crippen LogP contribution is 2.20. The lowest BCUT2D eigenvalue weighted by Gasteiger charge is -2.32. The number of benzene rings is 1. The Morgan fingerprint density at radius 3 is 2.68 bits per heavy atom. The van der Waals surface area contributed by atoms with Gasteiger partial charge in [-0.2, -0.15) is 0 Å². The summed E-state index contributed by atoms with van der Waals surface area (Å²) >= 11 is 0. The number of likely N-dealkylation sites (tertiary alicyclic amines) is 1. The zero-order chi connectivity index (χ0) is 17.9. The molecule has 1 aromatic carbocycles. The van der Waals surface area contributed by atoms with Gasteiger partial charge in [-0.15, -0.1) is 0 Å². The van der Waals surface area contributed by atoms with Crippen molar-refractivity contribution in [2.75, 3.05) is 25.1 Å². The van der Waals surface area contributed by atoms with E-state index in [9.17, 15) is 8.42 Å². The second-order valence-corrected chi connectivity index (χ2v) is 9.31. The molecule has 1 aromatic heterocycles. The Hall–Kier alpha value is -1.79. The van der Waals surface area contributed by atoms with Crippen molar-refractivity contribution in [2.24, 2.45) is 5.92 Å². The topological polar surface area (TPSA) is 63.2 Å². The first-order valence-electron chi connectivity index (χ1n) is 8.67. The maximum atomic E-state index is 11.5. The van der Waals surface area contributed by atoms with Gasteiger partial charge >= 0.3 is 0 Å². The number of aryl methyl sites for hydroxylation is 1. The number of piperidine rings is 1. The second-order valence-electron chi connectivity index (χ2n) is 7.12. The zero-order valence-electron chi connectivity index (χ0n) is 14.9. The van der Waals surface area contributed by atoms with Crippen molar-refractivity contribution in [3.63, 3.8) is 0 Å². The highest BCUT2D eigenvalue weighted by molar-refractivity contribution is 7.90. The molecule has 3 rings (SSSR count). The molecule has 1 aliphatic rings. The summed E-state index contributed by atoms with van der Waals surface area (Å²) in [5.41, 5.74) is 3.28. The summed E-state index contributed by atoms with van der Waals surface area (Å²) in [5.74, 6) is 1.25. The van der Waals surface area contributed by atoms with Crippen LogP contribution in [-0.2, 0) is 16.4 Å². The number of hydrogen-bond donors (Lipinski definition) is 0. The Bertz CT molecular complexity index is 819. The number of sulfone groups is 1. The van der Waals surface area contributed by atoms with E-state index in [4.69, 9.17) is 0 Å². The summed E-state index contributed by atoms with van der Waals surface area (Å²) in [5, 5.41) is 0. The monoisotopic (exact) mass is 359 g/mol. The van der Waals surface area contributed by atoms with Gasteiger partial charge in [-0.1, -0.05) is 23.8 Å². The summed E-state index contributed by atoms with van der Waals surface area (Å²) in [7, 11) is -2.91. The maximum Gasteiger partial charge on any atom is 0.159 e. The highest BCUT2D eigenvalue weighted by Gasteiger charge is 2.23. The average molecular weight is 359 g/mol. The van der Waals surface area contributed by atoms with Crippen LogP contribution in [0.15, 0.2) is 36.7 Å². The quantitative estimate of drug-likeness (QED) is 0.821. The minimum absolute atomic E-state index is 0.233. The number of aromatic nitrogens is 2. The van der Waals surface area contributed by atoms with Gasteiger partial charge in [0.1, 0.15) is 9.84 Å². The molecule has 25 heavy (non-hydrogen) atoms. The van der Waals surface area contributed by atoms with Crippen molar-refractivity contribution in [1.82, 2.24) is 14.9 Å². The fraction of sp³-hybridized carbons (Fsp3) is 0.474. The van der Waals surface area contributed by atoms with E-state index in [2.05, 4.69) is 33.9 Å². The van der Waals surface area contributed by atoms with Crippen LogP contribution in [0.25, 0.3) is 11.4 Å². The molecule has 0 amide bonds. The predicted molar refractivity (Wildman–Crippen MR) is 99.9 cm³/mol. The molecule has 0 saturated carbocycles. The molecule has 1 unspecified atom stereocenters. The molecule has 0 bridgehead atoms. The van der Waals surface area contributed by atoms with Crippen LogP contribution in [0, 0.1) is 12.8 Å². The summed E-state index contributed by atoms with van der Waals surface area (Å²) in [6.07, 6.45) is 7.12. The third kappa shape index (κ3) is 5.34. The van der Waals surface area contributed by atoms with E-state index < -0.39 is 9.84 Å². The molecule has 134 valence electrons. The first-order chi connectivity index (χ1) is 11.9. The van der Waals surface area contributed by atoms with Crippen LogP contribution in [0.4, 0.5) is 0 Å². The maximum absolute atomic E-state index is 11.5. The van der Waals surface area contributed by atoms with Crippen LogP contribution in [0.5, 0.6) is 0 Å². The Morgan fingerprint density at radius 1 is 1.24 bits per heavy atom. The Labute approximate surface area is 150 Å². The summed E-state index contributed by atoms with van der Waals surface area (Å²) < 4.78 is 23.0. The van der Waals surface area contributed by atoms with E-state index in [-0.39, 0.29) is 11.7 Å². The minimum Gasteiger partial charge on any atom is -0.299 e. The number of nitrogens with zero attached hydrogens (tertiary/aromatic N) is 3. The van der Waals surface area contributed by atoms with Crippen LogP contribution in [0.1, 0.15) is 24.0 Å². The van der Waals surface area contributed by atoms with Gasteiger partial charge in [-0.05, 0) is 38.3 Å². The number of hydrogen-bond acceptors (Lipinski definition) is 5. The van der Waals surface area contributed by atoms with Crippen molar-refractivity contribution in [3.8, 4) is 11.4 Å². The Kier molecular flexibility index (Phi) is 5.49. The molecule has 1 saturated heterocycles. The largest absolute Gasteiger partial charge is 0.299 e. The molecule has 6 heteroatoms. The minimum atomic E-state index is -2.91. The van der Waals surface area contributed by atoms with Crippen LogP contribution >= 0.6 is 0 Å². The van der Waals surface area contributed by atoms with Crippen LogP contribution in [-0.4, -0.2) is 48.4 Å². The van der Waals surface area contributed by atoms with Gasteiger partial charge < -0.3 is 0 Å². The van der Waals surface area contributed by atoms with Crippen molar-refractivity contribution in [2.45, 2.75) is 26.3 Å². The Balaban J connectivity index is 1.63. The van der Waals surface area contributed by atoms with Crippen LogP contribution < -0.4 is 0 Å². The molecule has 2 aromatic rings. The molecule has 5 nitrogen and oxygen atoms in total. The van der Waals surface area contributed by atoms with Crippen molar-refractivity contribution in [3.05, 3.63) is 47.8 Å². The zero-order valence-corrected chi connectivity index (χ0v) is 15.7. The molecule has 0 aliphatic carbocycles. The lowest BCUT2D eigenvalue weighted by molar-refractivity contribution is 0.177. The smallest absolute Gasteiger partial charge is 0.159 e. The third-order valence-corrected chi connectivity index (χ3v) is 5.61. The van der Waals surface area contributed by atoms with Gasteiger partial charge in [0.15, 0.2) is 5.82 Å². The third-order valence-electron chi connectivity index (χ3n) is 4.53. The van der Waals surface area contributed by atoms with Gasteiger partial charge in [-0.3, -0.25) is 4.90 Å². The molecule has 1 aliphatic heterocycles. The number of rotatable bonds is 5. The second kappa shape index (κ2) is 7.62. The molecule has 0 N–H and O–H groups in total. The fourth-order valence-corrected chi connectivity index (χ4v) is 4.62. The van der Waals surface area contributed by atoms with Crippen LogP contribution in [0.3, 0.4) is 0 Å². The van der Waals surface area contributed by atoms with E-state index in [1.165, 1.54) is 11.8 Å². The molecule has 2 heterocycles. The van der Waals surface area contributed by atoms with E-state index in [1.807, 2.05) is 24.5 Å². The molecule has 1 fully saturated rings. The van der Waals surface area contributed by atoms with Gasteiger partial charge in [-0.25, -0.2) is 18.4 Å². The first kappa shape index (κ1) is 18.0. The van der Waals surface area contributed by atoms with Gasteiger partial charge in [0, 0.05) is 42.9 Å². The van der Waals surface area contributed by atoms with Gasteiger partial charge in [0.05, 0.1) is 5.75 Å². The van der Waals surface area contributed by atoms with Gasteiger partial charge in [0.25, 0.3) is 0 Å². The lowest BCUT2D eigenvalue weighted by atomic mass is 10.00. The van der Waals surface area contributed by atoms with E-state index in [0.717, 1.165) is 49.4 Å². The predicted octanol–water partition coefficient (Wildman–Crippen LogP) is 2.71. The van der Waals surface area contributed by atoms with E-state index in [1.54, 1.807) is 0 Å². The average Bonchev–Trinajstić information content (AvgIpc) is 2.54. The molecule has 0 spiro atoms. The van der Waals surface area contributed by atoms with Crippen molar-refractivity contribution in [1.29, 1.82) is 0 Å². The van der Waals surface area contributed by atoms with Crippen molar-refractivity contribution < 1.29 is 8.42 Å². The lowest BCUT2D eigenvalue weighted by Crippen LogP contribution is -2.37. The van der Waals surface area contributed by atoms with E-state index >= 15 is 0 Å². The normalized spacial score (nSPS) is 19.0. The standard InChI is InChI=1S/C19H25N3O2S/c1-15-5-3-7-18(9-15)19-20-10-17(11-21-19)13-22-8-4-6-16(12-22)14-25(2,23)24/h3,5,7,9-11,16H,4,6,8,12-14H2,1-2H3. The fourth-order valence-electron chi connectivity index (χ4n) is 3.49.